The van der Waals surface area contributed by atoms with Crippen molar-refractivity contribution in [3.63, 3.8) is 0 Å². The van der Waals surface area contributed by atoms with Crippen LogP contribution in [0.2, 0.25) is 0 Å². The van der Waals surface area contributed by atoms with Gasteiger partial charge in [0.1, 0.15) is 11.6 Å². The molecule has 0 saturated carbocycles. The SMILES string of the molecule is COc1ccc(CNC(C)c2ncc(-c3cccc(Br)c3)[nH]2)cc1C. The molecule has 0 saturated heterocycles. The molecular weight excluding hydrogens is 378 g/mol. The Morgan fingerprint density at radius 3 is 2.80 bits per heavy atom. The summed E-state index contributed by atoms with van der Waals surface area (Å²) in [6, 6.07) is 14.6. The van der Waals surface area contributed by atoms with Gasteiger partial charge in [-0.1, -0.05) is 40.2 Å². The van der Waals surface area contributed by atoms with Gasteiger partial charge >= 0.3 is 0 Å². The van der Waals surface area contributed by atoms with Crippen LogP contribution in [-0.2, 0) is 6.54 Å². The first-order valence-corrected chi connectivity index (χ1v) is 9.04. The minimum absolute atomic E-state index is 0.128. The van der Waals surface area contributed by atoms with Crippen LogP contribution in [0.25, 0.3) is 11.3 Å². The van der Waals surface area contributed by atoms with Crippen LogP contribution < -0.4 is 10.1 Å². The van der Waals surface area contributed by atoms with Crippen LogP contribution >= 0.6 is 15.9 Å². The predicted molar refractivity (Wildman–Crippen MR) is 105 cm³/mol. The number of nitrogens with zero attached hydrogens (tertiary/aromatic N) is 1. The van der Waals surface area contributed by atoms with E-state index in [0.29, 0.717) is 0 Å². The summed E-state index contributed by atoms with van der Waals surface area (Å²) in [6.45, 7) is 4.95. The Bertz CT molecular complexity index is 860. The lowest BCUT2D eigenvalue weighted by Gasteiger charge is -2.13. The van der Waals surface area contributed by atoms with Crippen LogP contribution in [0, 0.1) is 6.92 Å². The lowest BCUT2D eigenvalue weighted by atomic mass is 10.1. The van der Waals surface area contributed by atoms with Crippen molar-refractivity contribution in [3.8, 4) is 17.0 Å². The second kappa shape index (κ2) is 7.85. The van der Waals surface area contributed by atoms with Gasteiger partial charge in [0.25, 0.3) is 0 Å². The van der Waals surface area contributed by atoms with E-state index in [1.807, 2.05) is 24.4 Å². The molecule has 2 aromatic carbocycles. The quantitative estimate of drug-likeness (QED) is 0.612. The number of imidazole rings is 1. The van der Waals surface area contributed by atoms with Gasteiger partial charge < -0.3 is 15.0 Å². The van der Waals surface area contributed by atoms with Crippen LogP contribution in [0.5, 0.6) is 5.75 Å². The maximum absolute atomic E-state index is 5.31. The fraction of sp³-hybridized carbons (Fsp3) is 0.250. The average molecular weight is 400 g/mol. The van der Waals surface area contributed by atoms with Gasteiger partial charge in [0.2, 0.25) is 0 Å². The lowest BCUT2D eigenvalue weighted by Crippen LogP contribution is -2.19. The number of nitrogens with one attached hydrogen (secondary N) is 2. The summed E-state index contributed by atoms with van der Waals surface area (Å²) in [5.74, 6) is 1.85. The van der Waals surface area contributed by atoms with Crippen molar-refractivity contribution in [2.24, 2.45) is 0 Å². The maximum Gasteiger partial charge on any atom is 0.123 e. The van der Waals surface area contributed by atoms with E-state index in [1.165, 1.54) is 5.56 Å². The molecule has 25 heavy (non-hydrogen) atoms. The fourth-order valence-corrected chi connectivity index (χ4v) is 3.18. The largest absolute Gasteiger partial charge is 0.496 e. The number of H-pyrrole nitrogens is 1. The predicted octanol–water partition coefficient (Wildman–Crippen LogP) is 5.01. The number of halogens is 1. The molecule has 1 heterocycles. The molecule has 0 bridgehead atoms. The minimum atomic E-state index is 0.128. The van der Waals surface area contributed by atoms with Crippen molar-refractivity contribution in [3.05, 3.63) is 70.1 Å². The molecular formula is C20H22BrN3O. The average Bonchev–Trinajstić information content (AvgIpc) is 3.10. The Hall–Kier alpha value is -2.11. The topological polar surface area (TPSA) is 49.9 Å². The molecule has 130 valence electrons. The highest BCUT2D eigenvalue weighted by Crippen LogP contribution is 2.23. The molecule has 0 aliphatic heterocycles. The van der Waals surface area contributed by atoms with E-state index < -0.39 is 0 Å². The number of aromatic amines is 1. The first-order valence-electron chi connectivity index (χ1n) is 8.24. The van der Waals surface area contributed by atoms with Gasteiger partial charge in [-0.15, -0.1) is 0 Å². The molecule has 0 spiro atoms. The second-order valence-corrected chi connectivity index (χ2v) is 7.01. The first-order chi connectivity index (χ1) is 12.1. The molecule has 3 aromatic rings. The van der Waals surface area contributed by atoms with Crippen LogP contribution in [0.1, 0.15) is 29.9 Å². The van der Waals surface area contributed by atoms with Crippen molar-refractivity contribution in [1.29, 1.82) is 0 Å². The Morgan fingerprint density at radius 2 is 2.08 bits per heavy atom. The zero-order chi connectivity index (χ0) is 17.8. The number of aromatic nitrogens is 2. The van der Waals surface area contributed by atoms with Crippen molar-refractivity contribution in [2.45, 2.75) is 26.4 Å². The van der Waals surface area contributed by atoms with E-state index in [-0.39, 0.29) is 6.04 Å². The molecule has 0 radical (unpaired) electrons. The van der Waals surface area contributed by atoms with Crippen molar-refractivity contribution >= 4 is 15.9 Å². The Kier molecular flexibility index (Phi) is 5.56. The zero-order valence-electron chi connectivity index (χ0n) is 14.6. The second-order valence-electron chi connectivity index (χ2n) is 6.10. The van der Waals surface area contributed by atoms with E-state index in [9.17, 15) is 0 Å². The van der Waals surface area contributed by atoms with Gasteiger partial charge in [0, 0.05) is 16.6 Å². The van der Waals surface area contributed by atoms with Gasteiger partial charge in [-0.05, 0) is 43.2 Å². The normalized spacial score (nSPS) is 12.2. The molecule has 1 aromatic heterocycles. The number of aryl methyl sites for hydroxylation is 1. The number of rotatable bonds is 6. The molecule has 0 fully saturated rings. The Balaban J connectivity index is 1.66. The standard InChI is InChI=1S/C20H22BrN3O/c1-13-9-15(7-8-19(13)25-3)11-22-14(2)20-23-12-18(24-20)16-5-4-6-17(21)10-16/h4-10,12,14,22H,11H2,1-3H3,(H,23,24). The molecule has 0 aliphatic rings. The van der Waals surface area contributed by atoms with E-state index in [1.54, 1.807) is 7.11 Å². The fourth-order valence-electron chi connectivity index (χ4n) is 2.78. The third kappa shape index (κ3) is 4.30. The van der Waals surface area contributed by atoms with Gasteiger partial charge in [0.15, 0.2) is 0 Å². The molecule has 0 amide bonds. The van der Waals surface area contributed by atoms with Gasteiger partial charge in [-0.25, -0.2) is 4.98 Å². The van der Waals surface area contributed by atoms with Crippen LogP contribution in [0.4, 0.5) is 0 Å². The summed E-state index contributed by atoms with van der Waals surface area (Å²) in [5, 5.41) is 3.51. The summed E-state index contributed by atoms with van der Waals surface area (Å²) < 4.78 is 6.37. The number of methoxy groups -OCH3 is 1. The Morgan fingerprint density at radius 1 is 1.24 bits per heavy atom. The number of hydrogen-bond donors (Lipinski definition) is 2. The van der Waals surface area contributed by atoms with E-state index in [2.05, 4.69) is 69.3 Å². The van der Waals surface area contributed by atoms with Crippen molar-refractivity contribution < 1.29 is 4.74 Å². The summed E-state index contributed by atoms with van der Waals surface area (Å²) in [5.41, 5.74) is 4.50. The molecule has 1 unspecified atom stereocenters. The molecule has 5 heteroatoms. The van der Waals surface area contributed by atoms with Gasteiger partial charge in [-0.2, -0.15) is 0 Å². The summed E-state index contributed by atoms with van der Waals surface area (Å²) in [4.78, 5) is 7.93. The first kappa shape index (κ1) is 17.7. The third-order valence-corrected chi connectivity index (χ3v) is 4.71. The lowest BCUT2D eigenvalue weighted by molar-refractivity contribution is 0.411. The van der Waals surface area contributed by atoms with Crippen molar-refractivity contribution in [1.82, 2.24) is 15.3 Å². The molecule has 3 rings (SSSR count). The van der Waals surface area contributed by atoms with E-state index in [0.717, 1.165) is 39.4 Å². The summed E-state index contributed by atoms with van der Waals surface area (Å²) in [7, 11) is 1.70. The highest BCUT2D eigenvalue weighted by molar-refractivity contribution is 9.10. The highest BCUT2D eigenvalue weighted by atomic mass is 79.9. The minimum Gasteiger partial charge on any atom is -0.496 e. The number of benzene rings is 2. The molecule has 0 aliphatic carbocycles. The van der Waals surface area contributed by atoms with E-state index >= 15 is 0 Å². The Labute approximate surface area is 156 Å². The number of hydrogen-bond acceptors (Lipinski definition) is 3. The summed E-state index contributed by atoms with van der Waals surface area (Å²) in [6.07, 6.45) is 1.88. The van der Waals surface area contributed by atoms with Gasteiger partial charge in [-0.3, -0.25) is 0 Å². The third-order valence-electron chi connectivity index (χ3n) is 4.21. The molecule has 2 N–H and O–H groups in total. The monoisotopic (exact) mass is 399 g/mol. The van der Waals surface area contributed by atoms with E-state index in [4.69, 9.17) is 4.74 Å². The molecule has 4 nitrogen and oxygen atoms in total. The smallest absolute Gasteiger partial charge is 0.123 e. The maximum atomic E-state index is 5.31. The summed E-state index contributed by atoms with van der Waals surface area (Å²) >= 11 is 3.51. The van der Waals surface area contributed by atoms with Gasteiger partial charge in [0.05, 0.1) is 25.0 Å². The van der Waals surface area contributed by atoms with Crippen molar-refractivity contribution in [2.75, 3.05) is 7.11 Å². The number of ether oxygens (including phenoxy) is 1. The van der Waals surface area contributed by atoms with Crippen LogP contribution in [0.15, 0.2) is 53.1 Å². The highest BCUT2D eigenvalue weighted by Gasteiger charge is 2.11. The van der Waals surface area contributed by atoms with Crippen LogP contribution in [0.3, 0.4) is 0 Å². The molecule has 1 atom stereocenters. The van der Waals surface area contributed by atoms with Crippen LogP contribution in [-0.4, -0.2) is 17.1 Å². The zero-order valence-corrected chi connectivity index (χ0v) is 16.2.